The third-order valence-electron chi connectivity index (χ3n) is 2.06. The predicted molar refractivity (Wildman–Crippen MR) is 57.2 cm³/mol. The monoisotopic (exact) mass is 269 g/mol. The molecule has 10 nitrogen and oxygen atoms in total. The third kappa shape index (κ3) is 4.43. The van der Waals surface area contributed by atoms with Crippen LogP contribution < -0.4 is 22.1 Å². The highest BCUT2D eigenvalue weighted by Gasteiger charge is 2.30. The van der Waals surface area contributed by atoms with Crippen LogP contribution in [0, 0.1) is 0 Å². The average molecular weight is 269 g/mol. The Labute approximate surface area is 96.9 Å². The van der Waals surface area contributed by atoms with E-state index in [2.05, 4.69) is 10.0 Å². The maximum Gasteiger partial charge on any atom is 0.0931 e. The van der Waals surface area contributed by atoms with Gasteiger partial charge in [0.15, 0.2) is 0 Å². The van der Waals surface area contributed by atoms with Gasteiger partial charge in [-0.1, -0.05) is 11.2 Å². The molecular formula is C6H16N5O5P. The van der Waals surface area contributed by atoms with E-state index in [4.69, 9.17) is 5.53 Å². The summed E-state index contributed by atoms with van der Waals surface area (Å²) in [6, 6.07) is -1.16. The zero-order chi connectivity index (χ0) is 11.6. The summed E-state index contributed by atoms with van der Waals surface area (Å²) in [4.78, 5) is 23.6. The second-order valence-electron chi connectivity index (χ2n) is 3.11. The van der Waals surface area contributed by atoms with Crippen LogP contribution in [0.15, 0.2) is 16.5 Å². The van der Waals surface area contributed by atoms with Crippen molar-refractivity contribution >= 4 is 7.60 Å². The van der Waals surface area contributed by atoms with Crippen molar-refractivity contribution in [2.24, 2.45) is 5.11 Å². The van der Waals surface area contributed by atoms with E-state index in [1.54, 1.807) is 0 Å². The summed E-state index contributed by atoms with van der Waals surface area (Å²) in [7, 11) is -4.95. The Balaban J connectivity index is 0. The number of hydrogen-bond donors (Lipinski definition) is 4. The van der Waals surface area contributed by atoms with Gasteiger partial charge in [-0.2, -0.15) is 0 Å². The molecule has 0 amide bonds. The Morgan fingerprint density at radius 1 is 1.47 bits per heavy atom. The molecule has 0 fully saturated rings. The smallest absolute Gasteiger partial charge is 0.0931 e. The lowest BCUT2D eigenvalue weighted by Gasteiger charge is -2.38. The van der Waals surface area contributed by atoms with Crippen molar-refractivity contribution in [2.75, 3.05) is 0 Å². The van der Waals surface area contributed by atoms with Gasteiger partial charge in [-0.15, -0.1) is 0 Å². The van der Waals surface area contributed by atoms with Crippen LogP contribution >= 0.6 is 7.60 Å². The van der Waals surface area contributed by atoms with Crippen LogP contribution in [0.4, 0.5) is 0 Å². The topological polar surface area (TPSA) is 225 Å². The van der Waals surface area contributed by atoms with Crippen molar-refractivity contribution in [3.63, 3.8) is 0 Å². The van der Waals surface area contributed by atoms with Gasteiger partial charge < -0.3 is 36.9 Å². The molecule has 0 saturated carbocycles. The molecule has 3 atom stereocenters. The molecule has 0 unspecified atom stereocenters. The van der Waals surface area contributed by atoms with Crippen molar-refractivity contribution in [3.8, 4) is 0 Å². The van der Waals surface area contributed by atoms with Gasteiger partial charge in [0.05, 0.1) is 18.2 Å². The summed E-state index contributed by atoms with van der Waals surface area (Å²) >= 11 is 0. The Morgan fingerprint density at radius 2 is 2.00 bits per heavy atom. The van der Waals surface area contributed by atoms with E-state index in [-0.39, 0.29) is 12.3 Å². The van der Waals surface area contributed by atoms with Crippen molar-refractivity contribution in [2.45, 2.75) is 24.7 Å². The standard InChI is InChI=1S/C6H10N3O5P.2H3N/c7-9-8-6-4(10)1-3(2-5(6)11)15(12,13)14;;/h1,4-6,10-11H,2H2,(H2,12,13,14);2*1H3/t4-,5+,6+;;/m1../s1. The Morgan fingerprint density at radius 3 is 2.35 bits per heavy atom. The number of hydrogen-bond acceptors (Lipinski definition) is 6. The number of azide groups is 1. The zero-order valence-corrected chi connectivity index (χ0v) is 10.3. The number of rotatable bonds is 2. The van der Waals surface area contributed by atoms with Crippen LogP contribution in [-0.2, 0) is 4.57 Å². The molecule has 0 radical (unpaired) electrons. The highest BCUT2D eigenvalue weighted by Crippen LogP contribution is 2.42. The quantitative estimate of drug-likeness (QED) is 0.221. The first-order chi connectivity index (χ1) is 6.86. The lowest BCUT2D eigenvalue weighted by atomic mass is 9.97. The molecule has 0 saturated heterocycles. The van der Waals surface area contributed by atoms with Gasteiger partial charge in [-0.3, -0.25) is 0 Å². The van der Waals surface area contributed by atoms with E-state index in [0.717, 1.165) is 6.08 Å². The molecule has 0 aliphatic heterocycles. The molecule has 0 aromatic carbocycles. The zero-order valence-electron chi connectivity index (χ0n) is 9.42. The van der Waals surface area contributed by atoms with Crippen LogP contribution in [-0.4, -0.2) is 28.5 Å². The Hall–Kier alpha value is -0.960. The second kappa shape index (κ2) is 6.70. The highest BCUT2D eigenvalue weighted by atomic mass is 31.2. The minimum Gasteiger partial charge on any atom is -0.808 e. The van der Waals surface area contributed by atoms with Crippen molar-refractivity contribution < 1.29 is 24.6 Å². The van der Waals surface area contributed by atoms with Gasteiger partial charge >= 0.3 is 0 Å². The molecule has 0 aromatic rings. The van der Waals surface area contributed by atoms with E-state index in [1.165, 1.54) is 0 Å². The summed E-state index contributed by atoms with van der Waals surface area (Å²) in [5.74, 6) is 0. The molecule has 17 heavy (non-hydrogen) atoms. The second-order valence-corrected chi connectivity index (χ2v) is 4.68. The van der Waals surface area contributed by atoms with Crippen molar-refractivity contribution in [1.29, 1.82) is 0 Å². The van der Waals surface area contributed by atoms with Crippen LogP contribution in [0.1, 0.15) is 6.42 Å². The van der Waals surface area contributed by atoms with Gasteiger partial charge in [-0.05, 0) is 24.9 Å². The van der Waals surface area contributed by atoms with Crippen molar-refractivity contribution in [1.82, 2.24) is 12.3 Å². The molecule has 1 rings (SSSR count). The fraction of sp³-hybridized carbons (Fsp3) is 0.667. The van der Waals surface area contributed by atoms with E-state index >= 15 is 0 Å². The molecule has 10 N–H and O–H groups in total. The maximum absolute atomic E-state index is 10.6. The predicted octanol–water partition coefficient (Wildman–Crippen LogP) is -0.659. The fourth-order valence-corrected chi connectivity index (χ4v) is 2.08. The third-order valence-corrected chi connectivity index (χ3v) is 3.10. The SMILES string of the molecule is [N-]=[N+]=N[C@H]1[C@H](O)C=C(P(=O)([O-])[O-])C[C@@H]1O.[NH4+].[NH4+]. The van der Waals surface area contributed by atoms with Crippen LogP contribution in [0.2, 0.25) is 0 Å². The first kappa shape index (κ1) is 18.4. The highest BCUT2D eigenvalue weighted by molar-refractivity contribution is 7.53. The molecule has 0 spiro atoms. The fourth-order valence-electron chi connectivity index (χ4n) is 1.33. The molecule has 1 aliphatic rings. The molecule has 0 aromatic heterocycles. The normalized spacial score (nSPS) is 28.0. The number of quaternary nitrogens is 2. The van der Waals surface area contributed by atoms with Crippen LogP contribution in [0.25, 0.3) is 10.4 Å². The Kier molecular flexibility index (Phi) is 7.25. The van der Waals surface area contributed by atoms with Crippen LogP contribution in [0.5, 0.6) is 0 Å². The van der Waals surface area contributed by atoms with Gasteiger partial charge in [0, 0.05) is 4.91 Å². The number of aliphatic hydroxyl groups is 2. The number of aliphatic hydroxyl groups excluding tert-OH is 2. The molecule has 11 heteroatoms. The largest absolute Gasteiger partial charge is 0.808 e. The minimum absolute atomic E-state index is 0. The molecule has 0 heterocycles. The van der Waals surface area contributed by atoms with E-state index in [1.807, 2.05) is 0 Å². The van der Waals surface area contributed by atoms with Crippen molar-refractivity contribution in [3.05, 3.63) is 21.8 Å². The molecule has 1 aliphatic carbocycles. The summed E-state index contributed by atoms with van der Waals surface area (Å²) < 4.78 is 10.6. The summed E-state index contributed by atoms with van der Waals surface area (Å²) in [6.07, 6.45) is -2.47. The lowest BCUT2D eigenvalue weighted by molar-refractivity contribution is -0.310. The summed E-state index contributed by atoms with van der Waals surface area (Å²) in [6.45, 7) is 0. The van der Waals surface area contributed by atoms with Gasteiger partial charge in [0.2, 0.25) is 0 Å². The Bertz CT molecular complexity index is 375. The summed E-state index contributed by atoms with van der Waals surface area (Å²) in [5, 5.41) is 21.2. The number of nitrogens with zero attached hydrogens (tertiary/aromatic N) is 3. The van der Waals surface area contributed by atoms with Gasteiger partial charge in [-0.25, -0.2) is 0 Å². The first-order valence-corrected chi connectivity index (χ1v) is 5.54. The molecule has 0 bridgehead atoms. The maximum atomic E-state index is 10.6. The van der Waals surface area contributed by atoms with E-state index in [0.29, 0.717) is 0 Å². The van der Waals surface area contributed by atoms with E-state index in [9.17, 15) is 24.6 Å². The molecular weight excluding hydrogens is 253 g/mol. The summed E-state index contributed by atoms with van der Waals surface area (Å²) in [5.41, 5.74) is 8.12. The average Bonchev–Trinajstić information content (AvgIpc) is 2.09. The molecule has 100 valence electrons. The lowest BCUT2D eigenvalue weighted by Crippen LogP contribution is -2.39. The van der Waals surface area contributed by atoms with E-state index < -0.39 is 37.6 Å². The minimum atomic E-state index is -4.95. The van der Waals surface area contributed by atoms with Crippen LogP contribution in [0.3, 0.4) is 0 Å². The first-order valence-electron chi connectivity index (χ1n) is 4.00. The van der Waals surface area contributed by atoms with Gasteiger partial charge in [0.1, 0.15) is 0 Å². The van der Waals surface area contributed by atoms with Gasteiger partial charge in [0.25, 0.3) is 0 Å².